The zero-order chi connectivity index (χ0) is 14.1. The number of hydrogen-bond acceptors (Lipinski definition) is 3. The lowest BCUT2D eigenvalue weighted by Crippen LogP contribution is -2.49. The quantitative estimate of drug-likeness (QED) is 0.697. The molecule has 0 aromatic carbocycles. The Morgan fingerprint density at radius 1 is 1.05 bits per heavy atom. The van der Waals surface area contributed by atoms with Gasteiger partial charge in [0, 0.05) is 6.61 Å². The molecule has 3 nitrogen and oxygen atoms in total. The van der Waals surface area contributed by atoms with E-state index < -0.39 is 0 Å². The fourth-order valence-corrected chi connectivity index (χ4v) is 3.06. The average Bonchev–Trinajstić information content (AvgIpc) is 2.42. The lowest BCUT2D eigenvalue weighted by molar-refractivity contribution is -0.0476. The maximum atomic E-state index is 6.09. The zero-order valence-corrected chi connectivity index (χ0v) is 13.3. The highest BCUT2D eigenvalue weighted by Gasteiger charge is 2.31. The minimum atomic E-state index is 0.287. The van der Waals surface area contributed by atoms with Crippen LogP contribution >= 0.6 is 0 Å². The molecular weight excluding hydrogens is 238 g/mol. The zero-order valence-electron chi connectivity index (χ0n) is 13.3. The van der Waals surface area contributed by atoms with Crippen LogP contribution in [0.15, 0.2) is 0 Å². The Bertz CT molecular complexity index is 215. The van der Waals surface area contributed by atoms with Crippen molar-refractivity contribution in [3.63, 3.8) is 0 Å². The summed E-state index contributed by atoms with van der Waals surface area (Å²) in [4.78, 5) is 0. The Kier molecular flexibility index (Phi) is 8.67. The normalized spacial score (nSPS) is 20.7. The van der Waals surface area contributed by atoms with Crippen LogP contribution in [0.1, 0.15) is 59.8 Å². The van der Waals surface area contributed by atoms with Gasteiger partial charge in [0.25, 0.3) is 0 Å². The van der Waals surface area contributed by atoms with Crippen molar-refractivity contribution in [2.75, 3.05) is 19.8 Å². The molecule has 1 saturated carbocycles. The van der Waals surface area contributed by atoms with Crippen LogP contribution < -0.4 is 5.32 Å². The molecule has 0 aliphatic heterocycles. The van der Waals surface area contributed by atoms with E-state index in [1.807, 2.05) is 0 Å². The largest absolute Gasteiger partial charge is 0.377 e. The third kappa shape index (κ3) is 6.24. The van der Waals surface area contributed by atoms with E-state index >= 15 is 0 Å². The Balaban J connectivity index is 2.60. The number of ether oxygens (including phenoxy) is 2. The molecule has 1 N–H and O–H groups in total. The lowest BCUT2D eigenvalue weighted by atomic mass is 9.82. The molecule has 19 heavy (non-hydrogen) atoms. The summed E-state index contributed by atoms with van der Waals surface area (Å²) in [5, 5.41) is 3.57. The van der Waals surface area contributed by atoms with Crippen LogP contribution in [0.2, 0.25) is 0 Å². The van der Waals surface area contributed by atoms with E-state index in [1.54, 1.807) is 0 Å². The van der Waals surface area contributed by atoms with E-state index in [0.29, 0.717) is 18.1 Å². The minimum Gasteiger partial charge on any atom is -0.377 e. The fourth-order valence-electron chi connectivity index (χ4n) is 3.06. The van der Waals surface area contributed by atoms with Crippen LogP contribution in [0.5, 0.6) is 0 Å². The average molecular weight is 271 g/mol. The van der Waals surface area contributed by atoms with Gasteiger partial charge >= 0.3 is 0 Å². The van der Waals surface area contributed by atoms with Crippen molar-refractivity contribution in [2.45, 2.75) is 78.0 Å². The SMILES string of the molecule is CCNC(COC(C)C)C(OCC)C1CCCCC1. The van der Waals surface area contributed by atoms with Gasteiger partial charge in [0.1, 0.15) is 0 Å². The van der Waals surface area contributed by atoms with Gasteiger partial charge in [0.2, 0.25) is 0 Å². The van der Waals surface area contributed by atoms with Gasteiger partial charge in [-0.25, -0.2) is 0 Å². The van der Waals surface area contributed by atoms with Gasteiger partial charge in [0.05, 0.1) is 24.9 Å². The maximum Gasteiger partial charge on any atom is 0.0778 e. The second-order valence-electron chi connectivity index (χ2n) is 5.86. The standard InChI is InChI=1S/C16H33NO2/c1-5-17-15(12-19-13(3)4)16(18-6-2)14-10-8-7-9-11-14/h13-17H,5-12H2,1-4H3. The molecule has 0 aromatic heterocycles. The molecule has 0 aromatic rings. The first-order chi connectivity index (χ1) is 9.19. The summed E-state index contributed by atoms with van der Waals surface area (Å²) in [5.41, 5.74) is 0. The highest BCUT2D eigenvalue weighted by molar-refractivity contribution is 4.85. The summed E-state index contributed by atoms with van der Waals surface area (Å²) in [5.74, 6) is 0.702. The maximum absolute atomic E-state index is 6.09. The summed E-state index contributed by atoms with van der Waals surface area (Å²) in [6.07, 6.45) is 7.33. The van der Waals surface area contributed by atoms with E-state index in [4.69, 9.17) is 9.47 Å². The predicted molar refractivity (Wildman–Crippen MR) is 80.5 cm³/mol. The third-order valence-electron chi connectivity index (χ3n) is 3.95. The van der Waals surface area contributed by atoms with E-state index in [9.17, 15) is 0 Å². The molecule has 114 valence electrons. The molecule has 0 saturated heterocycles. The van der Waals surface area contributed by atoms with Crippen molar-refractivity contribution >= 4 is 0 Å². The van der Waals surface area contributed by atoms with E-state index in [0.717, 1.165) is 19.8 Å². The van der Waals surface area contributed by atoms with Crippen molar-refractivity contribution in [3.05, 3.63) is 0 Å². The van der Waals surface area contributed by atoms with Gasteiger partial charge in [-0.1, -0.05) is 26.2 Å². The summed E-state index contributed by atoms with van der Waals surface area (Å²) in [7, 11) is 0. The number of rotatable bonds is 9. The van der Waals surface area contributed by atoms with Gasteiger partial charge in [0.15, 0.2) is 0 Å². The van der Waals surface area contributed by atoms with E-state index in [-0.39, 0.29) is 6.10 Å². The summed E-state index contributed by atoms with van der Waals surface area (Å²) >= 11 is 0. The van der Waals surface area contributed by atoms with Crippen LogP contribution in [0, 0.1) is 5.92 Å². The Hall–Kier alpha value is -0.120. The number of likely N-dealkylation sites (N-methyl/N-ethyl adjacent to an activating group) is 1. The summed E-state index contributed by atoms with van der Waals surface area (Å²) in [6.45, 7) is 11.0. The third-order valence-corrected chi connectivity index (χ3v) is 3.95. The molecule has 0 spiro atoms. The first-order valence-electron chi connectivity index (χ1n) is 8.15. The van der Waals surface area contributed by atoms with Crippen LogP contribution in [0.25, 0.3) is 0 Å². The monoisotopic (exact) mass is 271 g/mol. The molecule has 0 bridgehead atoms. The summed E-state index contributed by atoms with van der Waals surface area (Å²) < 4.78 is 11.9. The van der Waals surface area contributed by atoms with E-state index in [2.05, 4.69) is 33.0 Å². The number of hydrogen-bond donors (Lipinski definition) is 1. The molecule has 1 fully saturated rings. The highest BCUT2D eigenvalue weighted by Crippen LogP contribution is 2.29. The molecule has 1 aliphatic rings. The van der Waals surface area contributed by atoms with Crippen LogP contribution in [-0.2, 0) is 9.47 Å². The Morgan fingerprint density at radius 3 is 2.26 bits per heavy atom. The molecule has 0 heterocycles. The van der Waals surface area contributed by atoms with Crippen LogP contribution in [-0.4, -0.2) is 38.0 Å². The van der Waals surface area contributed by atoms with Crippen molar-refractivity contribution in [3.8, 4) is 0 Å². The van der Waals surface area contributed by atoms with Crippen molar-refractivity contribution < 1.29 is 9.47 Å². The van der Waals surface area contributed by atoms with Crippen LogP contribution in [0.3, 0.4) is 0 Å². The molecule has 1 aliphatic carbocycles. The first-order valence-corrected chi connectivity index (χ1v) is 8.15. The molecule has 0 amide bonds. The van der Waals surface area contributed by atoms with Gasteiger partial charge in [-0.3, -0.25) is 0 Å². The van der Waals surface area contributed by atoms with Crippen LogP contribution in [0.4, 0.5) is 0 Å². The molecule has 2 unspecified atom stereocenters. The molecular formula is C16H33NO2. The molecule has 0 radical (unpaired) electrons. The van der Waals surface area contributed by atoms with Gasteiger partial charge < -0.3 is 14.8 Å². The molecule has 1 rings (SSSR count). The topological polar surface area (TPSA) is 30.5 Å². The second-order valence-corrected chi connectivity index (χ2v) is 5.86. The Labute approximate surface area is 119 Å². The van der Waals surface area contributed by atoms with Crippen molar-refractivity contribution in [2.24, 2.45) is 5.92 Å². The molecule has 3 heteroatoms. The van der Waals surface area contributed by atoms with Gasteiger partial charge in [-0.05, 0) is 46.1 Å². The molecule has 2 atom stereocenters. The lowest BCUT2D eigenvalue weighted by Gasteiger charge is -2.36. The smallest absolute Gasteiger partial charge is 0.0778 e. The van der Waals surface area contributed by atoms with Gasteiger partial charge in [-0.15, -0.1) is 0 Å². The Morgan fingerprint density at radius 2 is 1.74 bits per heavy atom. The second kappa shape index (κ2) is 9.73. The number of nitrogens with one attached hydrogen (secondary N) is 1. The highest BCUT2D eigenvalue weighted by atomic mass is 16.5. The first kappa shape index (κ1) is 16.9. The predicted octanol–water partition coefficient (Wildman–Crippen LogP) is 3.37. The van der Waals surface area contributed by atoms with Gasteiger partial charge in [-0.2, -0.15) is 0 Å². The minimum absolute atomic E-state index is 0.287. The van der Waals surface area contributed by atoms with Crippen molar-refractivity contribution in [1.29, 1.82) is 0 Å². The van der Waals surface area contributed by atoms with Crippen molar-refractivity contribution in [1.82, 2.24) is 5.32 Å². The fraction of sp³-hybridized carbons (Fsp3) is 1.00. The summed E-state index contributed by atoms with van der Waals surface area (Å²) in [6, 6.07) is 0.329. The van der Waals surface area contributed by atoms with E-state index in [1.165, 1.54) is 32.1 Å².